The number of aromatic nitrogens is 1. The zero-order chi connectivity index (χ0) is 17.2. The maximum atomic E-state index is 11.5. The van der Waals surface area contributed by atoms with E-state index in [0.717, 1.165) is 5.56 Å². The van der Waals surface area contributed by atoms with Gasteiger partial charge in [-0.25, -0.2) is 9.78 Å². The molecule has 0 fully saturated rings. The van der Waals surface area contributed by atoms with Crippen LogP contribution in [0.15, 0.2) is 54.7 Å². The minimum absolute atomic E-state index is 0.0463. The van der Waals surface area contributed by atoms with Crippen LogP contribution in [0.2, 0.25) is 0 Å². The van der Waals surface area contributed by atoms with Gasteiger partial charge in [-0.05, 0) is 24.1 Å². The van der Waals surface area contributed by atoms with Crippen LogP contribution in [0.1, 0.15) is 17.7 Å². The summed E-state index contributed by atoms with van der Waals surface area (Å²) in [5, 5.41) is 13.2. The van der Waals surface area contributed by atoms with Gasteiger partial charge in [0, 0.05) is 12.6 Å². The first-order valence-electron chi connectivity index (χ1n) is 7.36. The van der Waals surface area contributed by atoms with Gasteiger partial charge in [0.25, 0.3) is 5.69 Å². The summed E-state index contributed by atoms with van der Waals surface area (Å²) in [6.07, 6.45) is 4.89. The summed E-state index contributed by atoms with van der Waals surface area (Å²) in [5.74, 6) is 0. The fourth-order valence-electron chi connectivity index (χ4n) is 1.84. The zero-order valence-corrected chi connectivity index (χ0v) is 12.9. The Bertz CT molecular complexity index is 700. The van der Waals surface area contributed by atoms with E-state index >= 15 is 0 Å². The Morgan fingerprint density at radius 2 is 2.04 bits per heavy atom. The number of ether oxygens (including phenoxy) is 1. The van der Waals surface area contributed by atoms with E-state index in [9.17, 15) is 14.9 Å². The number of benzene rings is 1. The predicted molar refractivity (Wildman–Crippen MR) is 89.2 cm³/mol. The minimum Gasteiger partial charge on any atom is -0.445 e. The lowest BCUT2D eigenvalue weighted by molar-refractivity contribution is -0.385. The van der Waals surface area contributed by atoms with Gasteiger partial charge in [-0.15, -0.1) is 0 Å². The van der Waals surface area contributed by atoms with E-state index in [2.05, 4.69) is 10.3 Å². The number of alkyl carbamates (subject to hydrolysis) is 1. The minimum atomic E-state index is -0.495. The summed E-state index contributed by atoms with van der Waals surface area (Å²) in [7, 11) is 0. The number of hydrogen-bond acceptors (Lipinski definition) is 5. The molecule has 24 heavy (non-hydrogen) atoms. The number of hydrogen-bond donors (Lipinski definition) is 1. The number of carbonyl (C=O) groups is 1. The first kappa shape index (κ1) is 17.1. The van der Waals surface area contributed by atoms with E-state index in [4.69, 9.17) is 4.74 Å². The van der Waals surface area contributed by atoms with Crippen LogP contribution in [-0.4, -0.2) is 22.5 Å². The Balaban J connectivity index is 1.65. The molecule has 0 radical (unpaired) electrons. The summed E-state index contributed by atoms with van der Waals surface area (Å²) in [6, 6.07) is 12.4. The molecule has 1 aromatic carbocycles. The van der Waals surface area contributed by atoms with Crippen LogP contribution in [0.4, 0.5) is 10.5 Å². The van der Waals surface area contributed by atoms with Crippen molar-refractivity contribution < 1.29 is 14.5 Å². The Morgan fingerprint density at radius 1 is 1.25 bits per heavy atom. The molecule has 0 spiro atoms. The van der Waals surface area contributed by atoms with E-state index in [0.29, 0.717) is 18.7 Å². The number of carbonyl (C=O) groups excluding carboxylic acids is 1. The molecule has 0 unspecified atom stereocenters. The molecule has 2 rings (SSSR count). The van der Waals surface area contributed by atoms with Crippen LogP contribution < -0.4 is 5.32 Å². The first-order valence-corrected chi connectivity index (χ1v) is 7.36. The molecule has 0 aliphatic rings. The lowest BCUT2D eigenvalue weighted by Gasteiger charge is -2.05. The smallest absolute Gasteiger partial charge is 0.407 e. The normalized spacial score (nSPS) is 10.5. The second-order valence-electron chi connectivity index (χ2n) is 4.88. The highest BCUT2D eigenvalue weighted by molar-refractivity contribution is 5.67. The van der Waals surface area contributed by atoms with Crippen molar-refractivity contribution in [1.29, 1.82) is 0 Å². The summed E-state index contributed by atoms with van der Waals surface area (Å²) < 4.78 is 5.08. The average Bonchev–Trinajstić information content (AvgIpc) is 2.61. The average molecular weight is 327 g/mol. The van der Waals surface area contributed by atoms with Gasteiger partial charge in [-0.1, -0.05) is 36.4 Å². The highest BCUT2D eigenvalue weighted by Gasteiger charge is 2.03. The van der Waals surface area contributed by atoms with Gasteiger partial charge in [-0.3, -0.25) is 10.1 Å². The molecule has 0 saturated carbocycles. The highest BCUT2D eigenvalue weighted by atomic mass is 16.6. The maximum absolute atomic E-state index is 11.5. The summed E-state index contributed by atoms with van der Waals surface area (Å²) >= 11 is 0. The van der Waals surface area contributed by atoms with Crippen LogP contribution >= 0.6 is 0 Å². The SMILES string of the molecule is O=C(NCCC=Cc1ccc([N+](=O)[O-])cn1)OCc1ccccc1. The van der Waals surface area contributed by atoms with E-state index in [1.807, 2.05) is 36.4 Å². The molecule has 1 amide bonds. The Labute approximate surface area is 139 Å². The van der Waals surface area contributed by atoms with Gasteiger partial charge < -0.3 is 10.1 Å². The lowest BCUT2D eigenvalue weighted by Crippen LogP contribution is -2.24. The third-order valence-electron chi connectivity index (χ3n) is 3.06. The van der Waals surface area contributed by atoms with Gasteiger partial charge in [0.2, 0.25) is 0 Å². The Hall–Kier alpha value is -3.22. The molecular weight excluding hydrogens is 310 g/mol. The molecule has 7 nitrogen and oxygen atoms in total. The molecule has 1 N–H and O–H groups in total. The molecule has 0 bridgehead atoms. The van der Waals surface area contributed by atoms with E-state index < -0.39 is 11.0 Å². The monoisotopic (exact) mass is 327 g/mol. The molecule has 0 atom stereocenters. The van der Waals surface area contributed by atoms with Gasteiger partial charge in [0.15, 0.2) is 0 Å². The second kappa shape index (κ2) is 9.04. The molecular formula is C17H17N3O4. The van der Waals surface area contributed by atoms with Crippen LogP contribution in [0.5, 0.6) is 0 Å². The number of pyridine rings is 1. The van der Waals surface area contributed by atoms with Crippen molar-refractivity contribution in [3.63, 3.8) is 0 Å². The fraction of sp³-hybridized carbons (Fsp3) is 0.176. The third-order valence-corrected chi connectivity index (χ3v) is 3.06. The van der Waals surface area contributed by atoms with Crippen LogP contribution in [-0.2, 0) is 11.3 Å². The van der Waals surface area contributed by atoms with Crippen LogP contribution in [0.25, 0.3) is 6.08 Å². The van der Waals surface area contributed by atoms with Crippen molar-refractivity contribution >= 4 is 17.9 Å². The standard InChI is InChI=1S/C17H17N3O4/c21-17(24-13-14-6-2-1-3-7-14)18-11-5-4-8-15-9-10-16(12-19-15)20(22)23/h1-4,6-10,12H,5,11,13H2,(H,18,21). The van der Waals surface area contributed by atoms with Crippen molar-refractivity contribution in [3.05, 3.63) is 76.1 Å². The predicted octanol–water partition coefficient (Wildman–Crippen LogP) is 3.32. The Morgan fingerprint density at radius 3 is 2.71 bits per heavy atom. The number of rotatable bonds is 7. The summed E-state index contributed by atoms with van der Waals surface area (Å²) in [4.78, 5) is 25.5. The van der Waals surface area contributed by atoms with Crippen molar-refractivity contribution in [1.82, 2.24) is 10.3 Å². The molecule has 0 saturated heterocycles. The summed E-state index contributed by atoms with van der Waals surface area (Å²) in [5.41, 5.74) is 1.50. The second-order valence-corrected chi connectivity index (χ2v) is 4.88. The summed E-state index contributed by atoms with van der Waals surface area (Å²) in [6.45, 7) is 0.659. The molecule has 0 aliphatic carbocycles. The Kier molecular flexibility index (Phi) is 6.46. The largest absolute Gasteiger partial charge is 0.445 e. The van der Waals surface area contributed by atoms with Gasteiger partial charge in [-0.2, -0.15) is 0 Å². The van der Waals surface area contributed by atoms with E-state index in [-0.39, 0.29) is 12.3 Å². The van der Waals surface area contributed by atoms with Crippen molar-refractivity contribution in [2.24, 2.45) is 0 Å². The van der Waals surface area contributed by atoms with Crippen LogP contribution in [0.3, 0.4) is 0 Å². The lowest BCUT2D eigenvalue weighted by atomic mass is 10.2. The highest BCUT2D eigenvalue weighted by Crippen LogP contribution is 2.09. The third kappa shape index (κ3) is 5.88. The molecule has 1 heterocycles. The quantitative estimate of drug-likeness (QED) is 0.478. The number of nitrogens with zero attached hydrogens (tertiary/aromatic N) is 2. The van der Waals surface area contributed by atoms with E-state index in [1.165, 1.54) is 12.3 Å². The van der Waals surface area contributed by atoms with Gasteiger partial charge in [0.1, 0.15) is 12.8 Å². The first-order chi connectivity index (χ1) is 11.6. The molecule has 2 aromatic rings. The maximum Gasteiger partial charge on any atom is 0.407 e. The van der Waals surface area contributed by atoms with Crippen molar-refractivity contribution in [2.45, 2.75) is 13.0 Å². The van der Waals surface area contributed by atoms with Crippen molar-refractivity contribution in [2.75, 3.05) is 6.54 Å². The zero-order valence-electron chi connectivity index (χ0n) is 12.9. The number of nitro groups is 1. The number of nitrogens with one attached hydrogen (secondary N) is 1. The molecule has 1 aromatic heterocycles. The number of amides is 1. The van der Waals surface area contributed by atoms with Crippen molar-refractivity contribution in [3.8, 4) is 0 Å². The molecule has 124 valence electrons. The fourth-order valence-corrected chi connectivity index (χ4v) is 1.84. The topological polar surface area (TPSA) is 94.4 Å². The van der Waals surface area contributed by atoms with Gasteiger partial charge in [0.05, 0.1) is 10.6 Å². The molecule has 0 aliphatic heterocycles. The van der Waals surface area contributed by atoms with Gasteiger partial charge >= 0.3 is 6.09 Å². The van der Waals surface area contributed by atoms with E-state index in [1.54, 1.807) is 12.1 Å². The van der Waals surface area contributed by atoms with Crippen LogP contribution in [0, 0.1) is 10.1 Å². The molecule has 7 heteroatoms.